The van der Waals surface area contributed by atoms with Gasteiger partial charge >= 0.3 is 0 Å². The van der Waals surface area contributed by atoms with Crippen molar-refractivity contribution < 1.29 is 4.79 Å². The molecule has 1 aromatic rings. The van der Waals surface area contributed by atoms with Gasteiger partial charge in [0.1, 0.15) is 6.54 Å². The highest BCUT2D eigenvalue weighted by Crippen LogP contribution is 1.91. The second-order valence-electron chi connectivity index (χ2n) is 2.19. The van der Waals surface area contributed by atoms with Gasteiger partial charge in [0.2, 0.25) is 5.91 Å². The van der Waals surface area contributed by atoms with E-state index in [1.54, 1.807) is 6.20 Å². The molecule has 0 radical (unpaired) electrons. The maximum Gasteiger partial charge on any atom is 0.226 e. The van der Waals surface area contributed by atoms with E-state index in [1.165, 1.54) is 6.33 Å². The van der Waals surface area contributed by atoms with Crippen LogP contribution in [-0.2, 0) is 11.2 Å². The van der Waals surface area contributed by atoms with Crippen LogP contribution in [0.15, 0.2) is 12.5 Å². The molecular formula is C7H8N4O. The molecule has 0 atom stereocenters. The Morgan fingerprint density at radius 1 is 1.83 bits per heavy atom. The number of hydrogen-bond donors (Lipinski definition) is 2. The van der Waals surface area contributed by atoms with Crippen molar-refractivity contribution in [2.75, 3.05) is 6.54 Å². The molecule has 1 amide bonds. The third-order valence-corrected chi connectivity index (χ3v) is 1.27. The fraction of sp³-hybridized carbons (Fsp3) is 0.286. The number of carbonyl (C=O) groups excluding carboxylic acids is 1. The normalized spacial score (nSPS) is 8.92. The van der Waals surface area contributed by atoms with Crippen LogP contribution in [0.4, 0.5) is 0 Å². The van der Waals surface area contributed by atoms with Gasteiger partial charge in [0.15, 0.2) is 0 Å². The number of aromatic nitrogens is 2. The topological polar surface area (TPSA) is 81.6 Å². The summed E-state index contributed by atoms with van der Waals surface area (Å²) in [5, 5.41) is 10.6. The molecule has 0 spiro atoms. The lowest BCUT2D eigenvalue weighted by molar-refractivity contribution is -0.120. The van der Waals surface area contributed by atoms with Crippen molar-refractivity contribution in [2.45, 2.75) is 6.42 Å². The van der Waals surface area contributed by atoms with Gasteiger partial charge in [0, 0.05) is 11.9 Å². The number of H-pyrrole nitrogens is 1. The Bertz CT molecular complexity index is 285. The van der Waals surface area contributed by atoms with Crippen LogP contribution in [0.3, 0.4) is 0 Å². The average Bonchev–Trinajstić information content (AvgIpc) is 2.53. The monoisotopic (exact) mass is 164 g/mol. The van der Waals surface area contributed by atoms with Gasteiger partial charge in [-0.2, -0.15) is 5.26 Å². The minimum absolute atomic E-state index is 0.0486. The van der Waals surface area contributed by atoms with Gasteiger partial charge in [-0.3, -0.25) is 4.79 Å². The molecule has 0 saturated carbocycles. The van der Waals surface area contributed by atoms with Gasteiger partial charge in [0.25, 0.3) is 0 Å². The van der Waals surface area contributed by atoms with E-state index in [-0.39, 0.29) is 18.9 Å². The molecule has 62 valence electrons. The number of hydrogen-bond acceptors (Lipinski definition) is 3. The Morgan fingerprint density at radius 3 is 3.25 bits per heavy atom. The molecule has 0 fully saturated rings. The van der Waals surface area contributed by atoms with Crippen LogP contribution in [-0.4, -0.2) is 22.4 Å². The third kappa shape index (κ3) is 2.42. The molecule has 5 heteroatoms. The number of aromatic amines is 1. The predicted octanol–water partition coefficient (Wildman–Crippen LogP) is -0.408. The molecule has 1 heterocycles. The number of nitrogens with one attached hydrogen (secondary N) is 2. The first-order valence-corrected chi connectivity index (χ1v) is 3.44. The van der Waals surface area contributed by atoms with Gasteiger partial charge in [-0.15, -0.1) is 0 Å². The van der Waals surface area contributed by atoms with Crippen LogP contribution in [0.5, 0.6) is 0 Å². The molecule has 0 bridgehead atoms. The van der Waals surface area contributed by atoms with E-state index in [1.807, 2.05) is 6.07 Å². The van der Waals surface area contributed by atoms with E-state index in [2.05, 4.69) is 15.3 Å². The smallest absolute Gasteiger partial charge is 0.226 e. The number of rotatable bonds is 3. The predicted molar refractivity (Wildman–Crippen MR) is 40.9 cm³/mol. The van der Waals surface area contributed by atoms with E-state index in [0.717, 1.165) is 5.69 Å². The van der Waals surface area contributed by atoms with Crippen molar-refractivity contribution in [2.24, 2.45) is 0 Å². The molecule has 1 aromatic heterocycles. The standard InChI is InChI=1S/C7H8N4O/c8-1-2-10-7(12)3-6-4-9-5-11-6/h4-5H,2-3H2,(H,9,11)(H,10,12). The largest absolute Gasteiger partial charge is 0.348 e. The first-order chi connectivity index (χ1) is 5.83. The van der Waals surface area contributed by atoms with Crippen molar-refractivity contribution >= 4 is 5.91 Å². The summed E-state index contributed by atoms with van der Waals surface area (Å²) >= 11 is 0. The third-order valence-electron chi connectivity index (χ3n) is 1.27. The number of carbonyl (C=O) groups is 1. The zero-order valence-corrected chi connectivity index (χ0v) is 6.37. The highest BCUT2D eigenvalue weighted by molar-refractivity contribution is 5.78. The van der Waals surface area contributed by atoms with E-state index >= 15 is 0 Å². The lowest BCUT2D eigenvalue weighted by Gasteiger charge is -1.96. The second kappa shape index (κ2) is 4.13. The van der Waals surface area contributed by atoms with Crippen LogP contribution in [0.2, 0.25) is 0 Å². The van der Waals surface area contributed by atoms with Crippen LogP contribution >= 0.6 is 0 Å². The maximum atomic E-state index is 11.0. The fourth-order valence-electron chi connectivity index (χ4n) is 0.755. The number of nitriles is 1. The summed E-state index contributed by atoms with van der Waals surface area (Å²) in [6.45, 7) is 0.0486. The summed E-state index contributed by atoms with van der Waals surface area (Å²) in [4.78, 5) is 17.5. The minimum Gasteiger partial charge on any atom is -0.348 e. The van der Waals surface area contributed by atoms with Crippen molar-refractivity contribution in [3.05, 3.63) is 18.2 Å². The molecule has 2 N–H and O–H groups in total. The van der Waals surface area contributed by atoms with Gasteiger partial charge in [0.05, 0.1) is 18.8 Å². The molecule has 5 nitrogen and oxygen atoms in total. The Morgan fingerprint density at radius 2 is 2.67 bits per heavy atom. The molecule has 1 rings (SSSR count). The number of imidazole rings is 1. The first-order valence-electron chi connectivity index (χ1n) is 3.44. The van der Waals surface area contributed by atoms with E-state index in [9.17, 15) is 4.79 Å². The summed E-state index contributed by atoms with van der Waals surface area (Å²) in [5.41, 5.74) is 0.741. The fourth-order valence-corrected chi connectivity index (χ4v) is 0.755. The van der Waals surface area contributed by atoms with Gasteiger partial charge < -0.3 is 10.3 Å². The van der Waals surface area contributed by atoms with Crippen LogP contribution in [0.1, 0.15) is 5.69 Å². The maximum absolute atomic E-state index is 11.0. The lowest BCUT2D eigenvalue weighted by Crippen LogP contribution is -2.25. The van der Waals surface area contributed by atoms with Gasteiger partial charge in [-0.05, 0) is 0 Å². The minimum atomic E-state index is -0.180. The van der Waals surface area contributed by atoms with Crippen molar-refractivity contribution in [1.82, 2.24) is 15.3 Å². The van der Waals surface area contributed by atoms with Crippen LogP contribution in [0, 0.1) is 11.3 Å². The van der Waals surface area contributed by atoms with Crippen LogP contribution < -0.4 is 5.32 Å². The SMILES string of the molecule is N#CCNC(=O)Cc1cnc[nH]1. The molecule has 12 heavy (non-hydrogen) atoms. The zero-order chi connectivity index (χ0) is 8.81. The second-order valence-corrected chi connectivity index (χ2v) is 2.19. The molecule has 0 aliphatic rings. The Kier molecular flexibility index (Phi) is 2.85. The molecule has 0 aliphatic carbocycles. The van der Waals surface area contributed by atoms with Gasteiger partial charge in [-0.25, -0.2) is 4.98 Å². The summed E-state index contributed by atoms with van der Waals surface area (Å²) in [6, 6.07) is 1.82. The lowest BCUT2D eigenvalue weighted by atomic mass is 10.3. The number of amides is 1. The zero-order valence-electron chi connectivity index (χ0n) is 6.37. The Balaban J connectivity index is 2.33. The highest BCUT2D eigenvalue weighted by atomic mass is 16.1. The van der Waals surface area contributed by atoms with E-state index in [4.69, 9.17) is 5.26 Å². The molecule has 0 aromatic carbocycles. The van der Waals surface area contributed by atoms with E-state index in [0.29, 0.717) is 0 Å². The quantitative estimate of drug-likeness (QED) is 0.596. The van der Waals surface area contributed by atoms with Gasteiger partial charge in [-0.1, -0.05) is 0 Å². The Labute approximate surface area is 69.4 Å². The highest BCUT2D eigenvalue weighted by Gasteiger charge is 2.01. The summed E-state index contributed by atoms with van der Waals surface area (Å²) in [6.07, 6.45) is 3.32. The molecule has 0 unspecified atom stereocenters. The first kappa shape index (κ1) is 8.27. The summed E-state index contributed by atoms with van der Waals surface area (Å²) < 4.78 is 0. The summed E-state index contributed by atoms with van der Waals surface area (Å²) in [5.74, 6) is -0.180. The van der Waals surface area contributed by atoms with Crippen molar-refractivity contribution in [1.29, 1.82) is 5.26 Å². The number of nitrogens with zero attached hydrogens (tertiary/aromatic N) is 2. The van der Waals surface area contributed by atoms with Crippen LogP contribution in [0.25, 0.3) is 0 Å². The van der Waals surface area contributed by atoms with Crippen molar-refractivity contribution in [3.8, 4) is 6.07 Å². The van der Waals surface area contributed by atoms with E-state index < -0.39 is 0 Å². The molecule has 0 aliphatic heterocycles. The van der Waals surface area contributed by atoms with Crippen molar-refractivity contribution in [3.63, 3.8) is 0 Å². The molecule has 0 saturated heterocycles. The Hall–Kier alpha value is -1.83. The summed E-state index contributed by atoms with van der Waals surface area (Å²) in [7, 11) is 0. The average molecular weight is 164 g/mol. The molecular weight excluding hydrogens is 156 g/mol.